The van der Waals surface area contributed by atoms with Gasteiger partial charge in [0, 0.05) is 30.9 Å². The molecular formula is C20H21F2N3O2. The monoisotopic (exact) mass is 373 g/mol. The molecule has 27 heavy (non-hydrogen) atoms. The standard InChI is InChI=1S/C20H21F2N3O2/c21-16-7-9-17(10-8-16)24-20(27)25-11-3-5-15(13-25)19(26)23-12-14-4-1-2-6-18(14)22/h1-2,4,6-10,15H,3,5,11-13H2,(H,23,26)(H,24,27). The van der Waals surface area contributed by atoms with Gasteiger partial charge in [-0.3, -0.25) is 4.79 Å². The molecule has 2 aromatic rings. The summed E-state index contributed by atoms with van der Waals surface area (Å²) in [6.45, 7) is 0.948. The highest BCUT2D eigenvalue weighted by Gasteiger charge is 2.28. The van der Waals surface area contributed by atoms with Crippen molar-refractivity contribution in [2.75, 3.05) is 18.4 Å². The van der Waals surface area contributed by atoms with Crippen molar-refractivity contribution in [2.24, 2.45) is 5.92 Å². The van der Waals surface area contributed by atoms with Crippen LogP contribution in [0.5, 0.6) is 0 Å². The highest BCUT2D eigenvalue weighted by atomic mass is 19.1. The van der Waals surface area contributed by atoms with E-state index in [9.17, 15) is 18.4 Å². The molecule has 1 atom stereocenters. The molecule has 3 amide bonds. The van der Waals surface area contributed by atoms with Crippen LogP contribution in [0.1, 0.15) is 18.4 Å². The second-order valence-electron chi connectivity index (χ2n) is 6.53. The lowest BCUT2D eigenvalue weighted by atomic mass is 9.97. The van der Waals surface area contributed by atoms with Crippen LogP contribution in [0.25, 0.3) is 0 Å². The van der Waals surface area contributed by atoms with Gasteiger partial charge < -0.3 is 15.5 Å². The van der Waals surface area contributed by atoms with E-state index in [2.05, 4.69) is 10.6 Å². The van der Waals surface area contributed by atoms with E-state index in [0.717, 1.165) is 0 Å². The molecule has 142 valence electrons. The summed E-state index contributed by atoms with van der Waals surface area (Å²) in [5, 5.41) is 5.45. The van der Waals surface area contributed by atoms with Gasteiger partial charge in [-0.2, -0.15) is 0 Å². The molecular weight excluding hydrogens is 352 g/mol. The molecule has 1 aliphatic rings. The van der Waals surface area contributed by atoms with Crippen molar-refractivity contribution in [3.8, 4) is 0 Å². The summed E-state index contributed by atoms with van der Waals surface area (Å²) in [6.07, 6.45) is 1.37. The first-order valence-electron chi connectivity index (χ1n) is 8.85. The molecule has 7 heteroatoms. The van der Waals surface area contributed by atoms with Crippen molar-refractivity contribution in [2.45, 2.75) is 19.4 Å². The average Bonchev–Trinajstić information content (AvgIpc) is 2.69. The SMILES string of the molecule is O=C(NCc1ccccc1F)C1CCCN(C(=O)Nc2ccc(F)cc2)C1. The fraction of sp³-hybridized carbons (Fsp3) is 0.300. The average molecular weight is 373 g/mol. The fourth-order valence-corrected chi connectivity index (χ4v) is 3.08. The third-order valence-electron chi connectivity index (χ3n) is 4.59. The number of urea groups is 1. The topological polar surface area (TPSA) is 61.4 Å². The Morgan fingerprint density at radius 1 is 1.07 bits per heavy atom. The number of amides is 3. The molecule has 2 aromatic carbocycles. The normalized spacial score (nSPS) is 16.7. The summed E-state index contributed by atoms with van der Waals surface area (Å²) in [7, 11) is 0. The Kier molecular flexibility index (Phi) is 6.01. The lowest BCUT2D eigenvalue weighted by molar-refractivity contribution is -0.126. The molecule has 5 nitrogen and oxygen atoms in total. The van der Waals surface area contributed by atoms with E-state index in [1.807, 2.05) is 0 Å². The molecule has 1 heterocycles. The van der Waals surface area contributed by atoms with Crippen LogP contribution in [-0.2, 0) is 11.3 Å². The van der Waals surface area contributed by atoms with E-state index >= 15 is 0 Å². The molecule has 1 aliphatic heterocycles. The van der Waals surface area contributed by atoms with Gasteiger partial charge in [0.15, 0.2) is 0 Å². The molecule has 0 spiro atoms. The van der Waals surface area contributed by atoms with E-state index in [4.69, 9.17) is 0 Å². The number of hydrogen-bond acceptors (Lipinski definition) is 2. The van der Waals surface area contributed by atoms with Crippen LogP contribution in [0.3, 0.4) is 0 Å². The minimum absolute atomic E-state index is 0.115. The summed E-state index contributed by atoms with van der Waals surface area (Å²) in [5.74, 6) is -1.28. The molecule has 1 unspecified atom stereocenters. The van der Waals surface area contributed by atoms with Gasteiger partial charge in [0.1, 0.15) is 11.6 Å². The third-order valence-corrected chi connectivity index (χ3v) is 4.59. The Morgan fingerprint density at radius 3 is 2.56 bits per heavy atom. The first kappa shape index (κ1) is 18.8. The Labute approximate surface area is 156 Å². The van der Waals surface area contributed by atoms with Gasteiger partial charge in [0.2, 0.25) is 5.91 Å². The summed E-state index contributed by atoms with van der Waals surface area (Å²) < 4.78 is 26.6. The molecule has 0 radical (unpaired) electrons. The maximum Gasteiger partial charge on any atom is 0.321 e. The van der Waals surface area contributed by atoms with E-state index < -0.39 is 0 Å². The molecule has 0 aromatic heterocycles. The maximum atomic E-state index is 13.6. The van der Waals surface area contributed by atoms with E-state index in [1.165, 1.54) is 30.3 Å². The van der Waals surface area contributed by atoms with Crippen LogP contribution in [0.4, 0.5) is 19.3 Å². The zero-order chi connectivity index (χ0) is 19.2. The van der Waals surface area contributed by atoms with Gasteiger partial charge in [-0.25, -0.2) is 13.6 Å². The lowest BCUT2D eigenvalue weighted by Crippen LogP contribution is -2.46. The molecule has 0 aliphatic carbocycles. The number of piperidine rings is 1. The quantitative estimate of drug-likeness (QED) is 0.861. The Morgan fingerprint density at radius 2 is 1.81 bits per heavy atom. The first-order chi connectivity index (χ1) is 13.0. The van der Waals surface area contributed by atoms with Gasteiger partial charge in [0.05, 0.1) is 5.92 Å². The van der Waals surface area contributed by atoms with E-state index in [-0.39, 0.29) is 42.6 Å². The van der Waals surface area contributed by atoms with Crippen LogP contribution in [-0.4, -0.2) is 29.9 Å². The summed E-state index contributed by atoms with van der Waals surface area (Å²) in [4.78, 5) is 26.4. The molecule has 0 saturated carbocycles. The van der Waals surface area contributed by atoms with Crippen molar-refractivity contribution < 1.29 is 18.4 Å². The largest absolute Gasteiger partial charge is 0.352 e. The molecule has 1 saturated heterocycles. The second-order valence-corrected chi connectivity index (χ2v) is 6.53. The summed E-state index contributed by atoms with van der Waals surface area (Å²) in [6, 6.07) is 11.5. The summed E-state index contributed by atoms with van der Waals surface area (Å²) >= 11 is 0. The number of nitrogens with zero attached hydrogens (tertiary/aromatic N) is 1. The minimum atomic E-state index is -0.377. The second kappa shape index (κ2) is 8.62. The van der Waals surface area contributed by atoms with E-state index in [0.29, 0.717) is 30.6 Å². The van der Waals surface area contributed by atoms with Crippen LogP contribution in [0, 0.1) is 17.6 Å². The Hall–Kier alpha value is -2.96. The number of anilines is 1. The van der Waals surface area contributed by atoms with Crippen molar-refractivity contribution >= 4 is 17.6 Å². The molecule has 0 bridgehead atoms. The Bertz CT molecular complexity index is 811. The smallest absolute Gasteiger partial charge is 0.321 e. The minimum Gasteiger partial charge on any atom is -0.352 e. The lowest BCUT2D eigenvalue weighted by Gasteiger charge is -2.32. The molecule has 2 N–H and O–H groups in total. The third kappa shape index (κ3) is 5.03. The van der Waals surface area contributed by atoms with Crippen molar-refractivity contribution in [1.82, 2.24) is 10.2 Å². The van der Waals surface area contributed by atoms with Crippen molar-refractivity contribution in [1.29, 1.82) is 0 Å². The number of benzene rings is 2. The molecule has 1 fully saturated rings. The number of nitrogens with one attached hydrogen (secondary N) is 2. The highest BCUT2D eigenvalue weighted by Crippen LogP contribution is 2.19. The zero-order valence-electron chi connectivity index (χ0n) is 14.8. The number of carbonyl (C=O) groups is 2. The van der Waals surface area contributed by atoms with Crippen molar-refractivity contribution in [3.63, 3.8) is 0 Å². The predicted octanol–water partition coefficient (Wildman–Crippen LogP) is 3.53. The van der Waals surface area contributed by atoms with Crippen LogP contribution < -0.4 is 10.6 Å². The van der Waals surface area contributed by atoms with Gasteiger partial charge >= 0.3 is 6.03 Å². The van der Waals surface area contributed by atoms with Crippen LogP contribution >= 0.6 is 0 Å². The van der Waals surface area contributed by atoms with Crippen LogP contribution in [0.15, 0.2) is 48.5 Å². The summed E-state index contributed by atoms with van der Waals surface area (Å²) in [5.41, 5.74) is 0.917. The van der Waals surface area contributed by atoms with E-state index in [1.54, 1.807) is 23.1 Å². The Balaban J connectivity index is 1.53. The van der Waals surface area contributed by atoms with Gasteiger partial charge in [0.25, 0.3) is 0 Å². The number of carbonyl (C=O) groups excluding carboxylic acids is 2. The van der Waals surface area contributed by atoms with Gasteiger partial charge in [-0.15, -0.1) is 0 Å². The van der Waals surface area contributed by atoms with Gasteiger partial charge in [-0.1, -0.05) is 18.2 Å². The number of rotatable bonds is 4. The number of likely N-dealkylation sites (tertiary alicyclic amines) is 1. The number of halogens is 2. The van der Waals surface area contributed by atoms with Crippen LogP contribution in [0.2, 0.25) is 0 Å². The zero-order valence-corrected chi connectivity index (χ0v) is 14.8. The maximum absolute atomic E-state index is 13.6. The molecule has 3 rings (SSSR count). The first-order valence-corrected chi connectivity index (χ1v) is 8.85. The fourth-order valence-electron chi connectivity index (χ4n) is 3.08. The van der Waals surface area contributed by atoms with Gasteiger partial charge in [-0.05, 0) is 43.2 Å². The van der Waals surface area contributed by atoms with Crippen molar-refractivity contribution in [3.05, 3.63) is 65.7 Å². The predicted molar refractivity (Wildman–Crippen MR) is 98.0 cm³/mol. The number of hydrogen-bond donors (Lipinski definition) is 2. The highest BCUT2D eigenvalue weighted by molar-refractivity contribution is 5.90.